The van der Waals surface area contributed by atoms with Crippen molar-refractivity contribution in [1.82, 2.24) is 10.2 Å². The second-order valence-electron chi connectivity index (χ2n) is 8.84. The van der Waals surface area contributed by atoms with Crippen LogP contribution < -0.4 is 10.1 Å². The maximum Gasteiger partial charge on any atom is 0.410 e. The van der Waals surface area contributed by atoms with Crippen molar-refractivity contribution in [2.24, 2.45) is 5.92 Å². The van der Waals surface area contributed by atoms with E-state index in [1.165, 1.54) is 17.1 Å². The lowest BCUT2D eigenvalue weighted by atomic mass is 9.96. The number of benzene rings is 1. The van der Waals surface area contributed by atoms with Gasteiger partial charge in [-0.1, -0.05) is 19.1 Å². The van der Waals surface area contributed by atoms with Crippen LogP contribution in [0.5, 0.6) is 5.75 Å². The fraction of sp³-hybridized carbons (Fsp3) is 0.520. The van der Waals surface area contributed by atoms with Gasteiger partial charge in [-0.3, -0.25) is 14.4 Å². The van der Waals surface area contributed by atoms with Crippen LogP contribution in [0.15, 0.2) is 12.1 Å². The standard InChI is InChI=1S/C25H31F3N2O7/c1-4-5-8-16-17(26)10-18(27)22(28)23(16)36-13-20(31)19(11-21(32)33)29-24(34)15-7-6-9-30(12-15)25(35)37-14(2)3/h5,8,10,14-15,19H,4,6-7,9,11-13H2,1-3H3,(H,29,34)(H,32,33)/b8-5+/t15-,19+/m1/s1. The van der Waals surface area contributed by atoms with E-state index >= 15 is 0 Å². The highest BCUT2D eigenvalue weighted by molar-refractivity contribution is 5.93. The van der Waals surface area contributed by atoms with E-state index in [1.54, 1.807) is 20.8 Å². The first-order chi connectivity index (χ1) is 17.4. The number of nitrogens with one attached hydrogen (secondary N) is 1. The van der Waals surface area contributed by atoms with E-state index in [-0.39, 0.29) is 12.6 Å². The monoisotopic (exact) mass is 528 g/mol. The van der Waals surface area contributed by atoms with Crippen molar-refractivity contribution in [3.63, 3.8) is 0 Å². The highest BCUT2D eigenvalue weighted by Gasteiger charge is 2.33. The minimum atomic E-state index is -1.56. The molecule has 9 nitrogen and oxygen atoms in total. The number of amides is 2. The Bertz CT molecular complexity index is 1050. The minimum Gasteiger partial charge on any atom is -0.482 e. The van der Waals surface area contributed by atoms with Gasteiger partial charge >= 0.3 is 12.1 Å². The van der Waals surface area contributed by atoms with Gasteiger partial charge in [0.2, 0.25) is 11.7 Å². The number of carbonyl (C=O) groups excluding carboxylic acids is 3. The lowest BCUT2D eigenvalue weighted by molar-refractivity contribution is -0.141. The van der Waals surface area contributed by atoms with Crippen molar-refractivity contribution in [2.75, 3.05) is 19.7 Å². The number of carboxylic acid groups (broad SMARTS) is 1. The number of aliphatic carboxylic acids is 1. The molecule has 0 bridgehead atoms. The zero-order valence-corrected chi connectivity index (χ0v) is 20.9. The molecule has 0 unspecified atom stereocenters. The predicted octanol–water partition coefficient (Wildman–Crippen LogP) is 3.69. The second-order valence-corrected chi connectivity index (χ2v) is 8.84. The van der Waals surface area contributed by atoms with Gasteiger partial charge in [0.1, 0.15) is 18.5 Å². The Morgan fingerprint density at radius 1 is 1.22 bits per heavy atom. The smallest absolute Gasteiger partial charge is 0.410 e. The number of piperidine rings is 1. The number of carbonyl (C=O) groups is 4. The molecule has 1 fully saturated rings. The number of allylic oxidation sites excluding steroid dienone is 1. The van der Waals surface area contributed by atoms with Crippen LogP contribution in [0, 0.1) is 23.4 Å². The fourth-order valence-corrected chi connectivity index (χ4v) is 3.71. The number of hydrogen-bond donors (Lipinski definition) is 2. The summed E-state index contributed by atoms with van der Waals surface area (Å²) in [5.41, 5.74) is -0.414. The van der Waals surface area contributed by atoms with Crippen molar-refractivity contribution in [1.29, 1.82) is 0 Å². The Labute approximate surface area is 212 Å². The third-order valence-corrected chi connectivity index (χ3v) is 5.51. The first-order valence-corrected chi connectivity index (χ1v) is 11.9. The molecule has 2 amide bonds. The summed E-state index contributed by atoms with van der Waals surface area (Å²) in [5, 5.41) is 11.6. The van der Waals surface area contributed by atoms with Gasteiger partial charge < -0.3 is 24.8 Å². The molecule has 1 saturated heterocycles. The summed E-state index contributed by atoms with van der Waals surface area (Å²) in [7, 11) is 0. The second kappa shape index (κ2) is 13.7. The van der Waals surface area contributed by atoms with Crippen LogP contribution in [-0.2, 0) is 19.1 Å². The summed E-state index contributed by atoms with van der Waals surface area (Å²) in [6, 6.07) is -1.21. The Kier molecular flexibility index (Phi) is 10.9. The van der Waals surface area contributed by atoms with Crippen LogP contribution in [0.1, 0.15) is 52.0 Å². The van der Waals surface area contributed by atoms with Gasteiger partial charge in [-0.25, -0.2) is 13.6 Å². The fourth-order valence-electron chi connectivity index (χ4n) is 3.71. The van der Waals surface area contributed by atoms with E-state index in [4.69, 9.17) is 9.47 Å². The maximum absolute atomic E-state index is 14.3. The van der Waals surface area contributed by atoms with Gasteiger partial charge in [0.05, 0.1) is 24.0 Å². The third-order valence-electron chi connectivity index (χ3n) is 5.51. The number of likely N-dealkylation sites (tertiary alicyclic amines) is 1. The van der Waals surface area contributed by atoms with Gasteiger partial charge in [0.25, 0.3) is 0 Å². The van der Waals surface area contributed by atoms with Crippen molar-refractivity contribution < 1.29 is 46.9 Å². The van der Waals surface area contributed by atoms with Crippen molar-refractivity contribution in [3.05, 3.63) is 35.2 Å². The number of hydrogen-bond acceptors (Lipinski definition) is 6. The molecule has 0 radical (unpaired) electrons. The minimum absolute atomic E-state index is 0.0166. The quantitative estimate of drug-likeness (QED) is 0.420. The molecule has 2 atom stereocenters. The van der Waals surface area contributed by atoms with E-state index in [0.29, 0.717) is 31.9 Å². The molecule has 1 aliphatic rings. The number of nitrogens with zero attached hydrogens (tertiary/aromatic N) is 1. The van der Waals surface area contributed by atoms with Crippen LogP contribution in [0.25, 0.3) is 6.08 Å². The molecule has 2 rings (SSSR count). The maximum atomic E-state index is 14.3. The summed E-state index contributed by atoms with van der Waals surface area (Å²) in [6.07, 6.45) is 2.24. The van der Waals surface area contributed by atoms with Crippen LogP contribution in [0.3, 0.4) is 0 Å². The Morgan fingerprint density at radius 2 is 1.92 bits per heavy atom. The number of rotatable bonds is 11. The molecular formula is C25H31F3N2O7. The number of Topliss-reactive ketones (excluding diaryl/α,β-unsaturated/α-hetero) is 1. The zero-order chi connectivity index (χ0) is 27.7. The summed E-state index contributed by atoms with van der Waals surface area (Å²) < 4.78 is 52.6. The summed E-state index contributed by atoms with van der Waals surface area (Å²) in [5.74, 6) is -8.73. The first kappa shape index (κ1) is 29.7. The number of ether oxygens (including phenoxy) is 2. The van der Waals surface area contributed by atoms with Crippen LogP contribution >= 0.6 is 0 Å². The average Bonchev–Trinajstić information content (AvgIpc) is 2.83. The third kappa shape index (κ3) is 8.50. The lowest BCUT2D eigenvalue weighted by Crippen LogP contribution is -2.51. The van der Waals surface area contributed by atoms with Crippen LogP contribution in [0.4, 0.5) is 18.0 Å². The van der Waals surface area contributed by atoms with Crippen LogP contribution in [0.2, 0.25) is 0 Å². The molecule has 2 N–H and O–H groups in total. The Morgan fingerprint density at radius 3 is 2.54 bits per heavy atom. The van der Waals surface area contributed by atoms with Gasteiger partial charge in [0, 0.05) is 19.2 Å². The molecule has 0 spiro atoms. The Hall–Kier alpha value is -3.57. The average molecular weight is 529 g/mol. The molecule has 0 saturated carbocycles. The van der Waals surface area contributed by atoms with E-state index in [9.17, 15) is 37.5 Å². The van der Waals surface area contributed by atoms with E-state index in [1.807, 2.05) is 0 Å². The van der Waals surface area contributed by atoms with Crippen molar-refractivity contribution in [2.45, 2.75) is 58.6 Å². The van der Waals surface area contributed by atoms with Crippen molar-refractivity contribution >= 4 is 29.8 Å². The molecule has 1 aromatic carbocycles. The molecule has 37 heavy (non-hydrogen) atoms. The molecular weight excluding hydrogens is 497 g/mol. The molecule has 12 heteroatoms. The molecule has 1 heterocycles. The van der Waals surface area contributed by atoms with Crippen LogP contribution in [-0.4, -0.2) is 65.6 Å². The highest BCUT2D eigenvalue weighted by Crippen LogP contribution is 2.29. The molecule has 1 aliphatic heterocycles. The van der Waals surface area contributed by atoms with Gasteiger partial charge in [-0.05, 0) is 33.1 Å². The first-order valence-electron chi connectivity index (χ1n) is 11.9. The van der Waals surface area contributed by atoms with Gasteiger partial charge in [0.15, 0.2) is 17.3 Å². The Balaban J connectivity index is 2.14. The largest absolute Gasteiger partial charge is 0.482 e. The summed E-state index contributed by atoms with van der Waals surface area (Å²) in [6.45, 7) is 4.54. The van der Waals surface area contributed by atoms with Gasteiger partial charge in [-0.2, -0.15) is 4.39 Å². The zero-order valence-electron chi connectivity index (χ0n) is 20.9. The molecule has 0 aromatic heterocycles. The highest BCUT2D eigenvalue weighted by atomic mass is 19.2. The SMILES string of the molecule is CC/C=C/c1c(F)cc(F)c(F)c1OCC(=O)[C@H](CC(=O)O)NC(=O)[C@@H]1CCCN(C(=O)OC(C)C)C1. The van der Waals surface area contributed by atoms with Gasteiger partial charge in [-0.15, -0.1) is 0 Å². The topological polar surface area (TPSA) is 122 Å². The van der Waals surface area contributed by atoms with E-state index in [2.05, 4.69) is 5.32 Å². The summed E-state index contributed by atoms with van der Waals surface area (Å²) in [4.78, 5) is 50.4. The van der Waals surface area contributed by atoms with Crippen molar-refractivity contribution in [3.8, 4) is 5.75 Å². The molecule has 1 aromatic rings. The van der Waals surface area contributed by atoms with E-state index < -0.39 is 77.5 Å². The normalized spacial score (nSPS) is 16.5. The number of halogens is 3. The van der Waals surface area contributed by atoms with E-state index in [0.717, 1.165) is 0 Å². The number of ketones is 1. The molecule has 0 aliphatic carbocycles. The number of carboxylic acids is 1. The molecule has 204 valence electrons. The predicted molar refractivity (Wildman–Crippen MR) is 126 cm³/mol. The lowest BCUT2D eigenvalue weighted by Gasteiger charge is -2.32. The summed E-state index contributed by atoms with van der Waals surface area (Å²) >= 11 is 0.